The maximum Gasteiger partial charge on any atom is 0.303 e. The second kappa shape index (κ2) is 6.37. The molecule has 0 rings (SSSR count). The Labute approximate surface area is 84.0 Å². The third-order valence-corrected chi connectivity index (χ3v) is 1.70. The Morgan fingerprint density at radius 3 is 2.29 bits per heavy atom. The van der Waals surface area contributed by atoms with Gasteiger partial charge in [0.05, 0.1) is 13.2 Å². The lowest BCUT2D eigenvalue weighted by Gasteiger charge is -2.22. The van der Waals surface area contributed by atoms with Crippen molar-refractivity contribution in [2.24, 2.45) is 0 Å². The number of ether oxygens (including phenoxy) is 2. The molecule has 14 heavy (non-hydrogen) atoms. The lowest BCUT2D eigenvalue weighted by molar-refractivity contribution is -0.151. The summed E-state index contributed by atoms with van der Waals surface area (Å²) in [6.45, 7) is 3.42. The van der Waals surface area contributed by atoms with Crippen LogP contribution in [-0.2, 0) is 19.1 Å². The minimum Gasteiger partial charge on any atom is -0.458 e. The summed E-state index contributed by atoms with van der Waals surface area (Å²) in [5.74, 6) is -0.442. The van der Waals surface area contributed by atoms with E-state index in [-0.39, 0.29) is 18.5 Å². The van der Waals surface area contributed by atoms with Gasteiger partial charge in [0.25, 0.3) is 0 Å². The highest BCUT2D eigenvalue weighted by atomic mass is 16.6. The van der Waals surface area contributed by atoms with E-state index in [1.54, 1.807) is 7.05 Å². The van der Waals surface area contributed by atoms with E-state index in [4.69, 9.17) is 9.47 Å². The van der Waals surface area contributed by atoms with Crippen LogP contribution in [0, 0.1) is 0 Å². The van der Waals surface area contributed by atoms with Crippen LogP contribution in [0.4, 0.5) is 0 Å². The summed E-state index contributed by atoms with van der Waals surface area (Å²) in [5, 5.41) is 0. The maximum absolute atomic E-state index is 10.9. The minimum absolute atomic E-state index is 0.0711. The lowest BCUT2D eigenvalue weighted by Crippen LogP contribution is -2.37. The van der Waals surface area contributed by atoms with Crippen molar-refractivity contribution in [3.8, 4) is 0 Å². The number of likely N-dealkylation sites (N-methyl/N-ethyl adjacent to an activating group) is 1. The van der Waals surface area contributed by atoms with Crippen LogP contribution in [0.2, 0.25) is 0 Å². The zero-order valence-corrected chi connectivity index (χ0v) is 9.07. The smallest absolute Gasteiger partial charge is 0.303 e. The average Bonchev–Trinajstić information content (AvgIpc) is 2.02. The second-order valence-corrected chi connectivity index (χ2v) is 3.09. The van der Waals surface area contributed by atoms with Crippen molar-refractivity contribution < 1.29 is 19.1 Å². The van der Waals surface area contributed by atoms with Gasteiger partial charge in [-0.1, -0.05) is 0 Å². The normalized spacial score (nSPS) is 12.0. The average molecular weight is 203 g/mol. The number of amides is 1. The summed E-state index contributed by atoms with van der Waals surface area (Å²) in [6, 6.07) is 0. The van der Waals surface area contributed by atoms with E-state index >= 15 is 0 Å². The van der Waals surface area contributed by atoms with Crippen LogP contribution in [0.15, 0.2) is 0 Å². The van der Waals surface area contributed by atoms with E-state index in [1.807, 2.05) is 0 Å². The molecule has 0 aromatic carbocycles. The molecular formula is C9H17NO4. The SMILES string of the molecule is COCC(CN(C)C(C)=O)OC(C)=O. The van der Waals surface area contributed by atoms with Crippen LogP contribution in [0.25, 0.3) is 0 Å². The molecule has 1 atom stereocenters. The van der Waals surface area contributed by atoms with Crippen molar-refractivity contribution in [2.75, 3.05) is 27.3 Å². The van der Waals surface area contributed by atoms with Crippen molar-refractivity contribution in [1.82, 2.24) is 4.90 Å². The summed E-state index contributed by atoms with van der Waals surface area (Å²) < 4.78 is 9.82. The number of methoxy groups -OCH3 is 1. The molecule has 0 bridgehead atoms. The molecule has 0 saturated heterocycles. The number of carbonyl (C=O) groups is 2. The fourth-order valence-electron chi connectivity index (χ4n) is 0.979. The van der Waals surface area contributed by atoms with Gasteiger partial charge < -0.3 is 14.4 Å². The predicted octanol–water partition coefficient (Wildman–Crippen LogP) is 0.0428. The summed E-state index contributed by atoms with van der Waals surface area (Å²) in [5.41, 5.74) is 0. The van der Waals surface area contributed by atoms with Gasteiger partial charge in [0.15, 0.2) is 0 Å². The highest BCUT2D eigenvalue weighted by Gasteiger charge is 2.15. The molecule has 0 saturated carbocycles. The fourth-order valence-corrected chi connectivity index (χ4v) is 0.979. The van der Waals surface area contributed by atoms with Crippen LogP contribution < -0.4 is 0 Å². The number of hydrogen-bond acceptors (Lipinski definition) is 4. The van der Waals surface area contributed by atoms with Gasteiger partial charge in [-0.05, 0) is 0 Å². The Kier molecular flexibility index (Phi) is 5.87. The first-order valence-corrected chi connectivity index (χ1v) is 4.35. The van der Waals surface area contributed by atoms with Crippen molar-refractivity contribution >= 4 is 11.9 Å². The standard InChI is InChI=1S/C9H17NO4/c1-7(11)10(3)5-9(6-13-4)14-8(2)12/h9H,5-6H2,1-4H3. The molecule has 1 unspecified atom stereocenters. The van der Waals surface area contributed by atoms with Gasteiger partial charge in [-0.3, -0.25) is 9.59 Å². The molecule has 0 spiro atoms. The van der Waals surface area contributed by atoms with Gasteiger partial charge >= 0.3 is 5.97 Å². The number of carbonyl (C=O) groups excluding carboxylic acids is 2. The number of esters is 1. The zero-order valence-electron chi connectivity index (χ0n) is 9.07. The van der Waals surface area contributed by atoms with E-state index in [2.05, 4.69) is 0 Å². The largest absolute Gasteiger partial charge is 0.458 e. The molecule has 0 heterocycles. The van der Waals surface area contributed by atoms with Gasteiger partial charge in [0, 0.05) is 28.0 Å². The third kappa shape index (κ3) is 5.53. The number of nitrogens with zero attached hydrogens (tertiary/aromatic N) is 1. The van der Waals surface area contributed by atoms with Crippen molar-refractivity contribution in [2.45, 2.75) is 20.0 Å². The molecular weight excluding hydrogens is 186 g/mol. The first-order chi connectivity index (χ1) is 6.47. The van der Waals surface area contributed by atoms with E-state index in [9.17, 15) is 9.59 Å². The Bertz CT molecular complexity index is 205. The highest BCUT2D eigenvalue weighted by molar-refractivity contribution is 5.73. The molecule has 5 nitrogen and oxygen atoms in total. The third-order valence-electron chi connectivity index (χ3n) is 1.70. The molecule has 0 radical (unpaired) electrons. The van der Waals surface area contributed by atoms with Gasteiger partial charge in [-0.25, -0.2) is 0 Å². The highest BCUT2D eigenvalue weighted by Crippen LogP contribution is 1.97. The Balaban J connectivity index is 4.07. The Morgan fingerprint density at radius 1 is 1.36 bits per heavy atom. The van der Waals surface area contributed by atoms with Crippen molar-refractivity contribution in [3.63, 3.8) is 0 Å². The number of hydrogen-bond donors (Lipinski definition) is 0. The Hall–Kier alpha value is -1.10. The van der Waals surface area contributed by atoms with Gasteiger partial charge in [-0.15, -0.1) is 0 Å². The van der Waals surface area contributed by atoms with Gasteiger partial charge in [-0.2, -0.15) is 0 Å². The molecule has 0 aliphatic rings. The molecule has 0 aliphatic carbocycles. The maximum atomic E-state index is 10.9. The predicted molar refractivity (Wildman–Crippen MR) is 50.7 cm³/mol. The first-order valence-electron chi connectivity index (χ1n) is 4.35. The molecule has 0 aliphatic heterocycles. The lowest BCUT2D eigenvalue weighted by atomic mass is 10.3. The molecule has 1 amide bonds. The summed E-state index contributed by atoms with van der Waals surface area (Å²) in [7, 11) is 3.17. The van der Waals surface area contributed by atoms with Crippen molar-refractivity contribution in [1.29, 1.82) is 0 Å². The monoisotopic (exact) mass is 203 g/mol. The van der Waals surface area contributed by atoms with Crippen LogP contribution in [0.3, 0.4) is 0 Å². The van der Waals surface area contributed by atoms with E-state index < -0.39 is 6.10 Å². The fraction of sp³-hybridized carbons (Fsp3) is 0.778. The Morgan fingerprint density at radius 2 is 1.93 bits per heavy atom. The van der Waals surface area contributed by atoms with E-state index in [0.717, 1.165) is 0 Å². The van der Waals surface area contributed by atoms with Crippen LogP contribution in [-0.4, -0.2) is 50.2 Å². The molecule has 0 N–H and O–H groups in total. The minimum atomic E-state index is -0.397. The summed E-state index contributed by atoms with van der Waals surface area (Å²) in [4.78, 5) is 23.1. The zero-order chi connectivity index (χ0) is 11.1. The molecule has 0 aromatic heterocycles. The van der Waals surface area contributed by atoms with Crippen molar-refractivity contribution in [3.05, 3.63) is 0 Å². The van der Waals surface area contributed by atoms with Gasteiger partial charge in [0.1, 0.15) is 6.10 Å². The number of rotatable bonds is 5. The molecule has 0 fully saturated rings. The van der Waals surface area contributed by atoms with Crippen LogP contribution >= 0.6 is 0 Å². The molecule has 82 valence electrons. The van der Waals surface area contributed by atoms with E-state index in [0.29, 0.717) is 6.54 Å². The second-order valence-electron chi connectivity index (χ2n) is 3.09. The topological polar surface area (TPSA) is 55.8 Å². The first kappa shape index (κ1) is 12.9. The van der Waals surface area contributed by atoms with E-state index in [1.165, 1.54) is 25.9 Å². The van der Waals surface area contributed by atoms with Crippen LogP contribution in [0.5, 0.6) is 0 Å². The molecule has 0 aromatic rings. The quantitative estimate of drug-likeness (QED) is 0.592. The van der Waals surface area contributed by atoms with Crippen LogP contribution in [0.1, 0.15) is 13.8 Å². The molecule has 5 heteroatoms. The van der Waals surface area contributed by atoms with Gasteiger partial charge in [0.2, 0.25) is 5.91 Å². The summed E-state index contributed by atoms with van der Waals surface area (Å²) in [6.07, 6.45) is -0.397. The summed E-state index contributed by atoms with van der Waals surface area (Å²) >= 11 is 0.